The summed E-state index contributed by atoms with van der Waals surface area (Å²) in [6.45, 7) is 1.52. The van der Waals surface area contributed by atoms with Gasteiger partial charge in [0.15, 0.2) is 23.1 Å². The third-order valence-electron chi connectivity index (χ3n) is 8.21. The van der Waals surface area contributed by atoms with Crippen molar-refractivity contribution in [3.8, 4) is 5.75 Å². The van der Waals surface area contributed by atoms with Gasteiger partial charge in [0.05, 0.1) is 22.4 Å². The molecule has 10 heteroatoms. The summed E-state index contributed by atoms with van der Waals surface area (Å²) in [6.07, 6.45) is 3.20. The van der Waals surface area contributed by atoms with E-state index in [0.29, 0.717) is 5.57 Å². The molecule has 0 unspecified atom stereocenters. The molecule has 3 aliphatic carbocycles. The van der Waals surface area contributed by atoms with Crippen LogP contribution in [0.15, 0.2) is 76.9 Å². The lowest BCUT2D eigenvalue weighted by atomic mass is 9.59. The van der Waals surface area contributed by atoms with E-state index in [2.05, 4.69) is 0 Å². The summed E-state index contributed by atoms with van der Waals surface area (Å²) >= 11 is 0. The van der Waals surface area contributed by atoms with Gasteiger partial charge in [-0.2, -0.15) is 0 Å². The van der Waals surface area contributed by atoms with E-state index < -0.39 is 57.8 Å². The van der Waals surface area contributed by atoms with Crippen molar-refractivity contribution in [2.45, 2.75) is 25.7 Å². The number of phenolic OH excluding ortho intramolecular Hbond substituents is 1. The van der Waals surface area contributed by atoms with Gasteiger partial charge in [-0.15, -0.1) is 0 Å². The number of Topliss-reactive ketones (excluding diaryl/α,β-unsaturated/α-hetero) is 1. The number of amides is 2. The number of anilines is 1. The number of imide groups is 1. The van der Waals surface area contributed by atoms with Crippen LogP contribution in [0.4, 0.5) is 15.8 Å². The van der Waals surface area contributed by atoms with Gasteiger partial charge in [-0.25, -0.2) is 4.39 Å². The minimum atomic E-state index is -0.965. The molecule has 1 N–H and O–H groups in total. The lowest BCUT2D eigenvalue weighted by Crippen LogP contribution is -2.39. The van der Waals surface area contributed by atoms with Crippen molar-refractivity contribution in [2.75, 3.05) is 4.90 Å². The first kappa shape index (κ1) is 24.6. The number of non-ortho nitro benzene ring substituents is 1. The molecule has 0 radical (unpaired) electrons. The van der Waals surface area contributed by atoms with Crippen LogP contribution in [0, 0.1) is 33.7 Å². The Morgan fingerprint density at radius 3 is 2.44 bits per heavy atom. The van der Waals surface area contributed by atoms with E-state index in [-0.39, 0.29) is 52.3 Å². The maximum atomic E-state index is 14.5. The Balaban J connectivity index is 1.47. The average Bonchev–Trinajstić information content (AvgIpc) is 3.17. The largest absolute Gasteiger partial charge is 0.505 e. The third kappa shape index (κ3) is 3.51. The molecule has 4 atom stereocenters. The second-order valence-electron chi connectivity index (χ2n) is 10.2. The number of ketones is 2. The van der Waals surface area contributed by atoms with Crippen molar-refractivity contribution < 1.29 is 33.6 Å². The van der Waals surface area contributed by atoms with Gasteiger partial charge in [-0.1, -0.05) is 23.8 Å². The SMILES string of the molecule is CC1=CC(=O)C2=C(C[C@@H]3C(=CC[C@@H]4C(=O)N(c5ccc([N+](=O)[O-])cc5)C(=O)[C@@H]43)[C@@H]2c2cccc(F)c2O)C1=O. The molecule has 1 aliphatic heterocycles. The summed E-state index contributed by atoms with van der Waals surface area (Å²) in [6, 6.07) is 9.07. The van der Waals surface area contributed by atoms with Crippen LogP contribution >= 0.6 is 0 Å². The molecule has 0 aromatic heterocycles. The third-order valence-corrected chi connectivity index (χ3v) is 8.21. The Morgan fingerprint density at radius 1 is 1.03 bits per heavy atom. The molecule has 0 saturated carbocycles. The van der Waals surface area contributed by atoms with Crippen LogP contribution in [0.1, 0.15) is 31.2 Å². The maximum absolute atomic E-state index is 14.5. The zero-order valence-electron chi connectivity index (χ0n) is 20.6. The number of rotatable bonds is 3. The van der Waals surface area contributed by atoms with Crippen molar-refractivity contribution in [1.82, 2.24) is 0 Å². The summed E-state index contributed by atoms with van der Waals surface area (Å²) in [5.74, 6) is -6.51. The first-order valence-electron chi connectivity index (χ1n) is 12.4. The zero-order valence-corrected chi connectivity index (χ0v) is 20.6. The Morgan fingerprint density at radius 2 is 1.74 bits per heavy atom. The molecule has 0 bridgehead atoms. The highest BCUT2D eigenvalue weighted by Gasteiger charge is 2.56. The number of fused-ring (bicyclic) bond motifs is 3. The quantitative estimate of drug-likeness (QED) is 0.209. The van der Waals surface area contributed by atoms with E-state index in [0.717, 1.165) is 11.0 Å². The number of carbonyl (C=O) groups is 4. The molecule has 1 saturated heterocycles. The summed E-state index contributed by atoms with van der Waals surface area (Å²) in [5, 5.41) is 21.7. The van der Waals surface area contributed by atoms with Crippen molar-refractivity contribution in [3.63, 3.8) is 0 Å². The fraction of sp³-hybridized carbons (Fsp3) is 0.241. The van der Waals surface area contributed by atoms with Gasteiger partial charge in [0.1, 0.15) is 0 Å². The van der Waals surface area contributed by atoms with Crippen LogP contribution in [0.5, 0.6) is 5.75 Å². The second kappa shape index (κ2) is 8.65. The average molecular weight is 528 g/mol. The van der Waals surface area contributed by atoms with Crippen LogP contribution in [0.3, 0.4) is 0 Å². The van der Waals surface area contributed by atoms with Crippen molar-refractivity contribution in [1.29, 1.82) is 0 Å². The molecule has 0 spiro atoms. The lowest BCUT2D eigenvalue weighted by Gasteiger charge is -2.42. The smallest absolute Gasteiger partial charge is 0.269 e. The normalized spacial score (nSPS) is 26.2. The highest BCUT2D eigenvalue weighted by Crippen LogP contribution is 2.56. The number of benzene rings is 2. The molecular formula is C29H21FN2O7. The number of para-hydroxylation sites is 1. The molecular weight excluding hydrogens is 507 g/mol. The molecule has 2 amide bonds. The Labute approximate surface area is 221 Å². The van der Waals surface area contributed by atoms with E-state index >= 15 is 0 Å². The van der Waals surface area contributed by atoms with Gasteiger partial charge < -0.3 is 5.11 Å². The Hall–Kier alpha value is -4.73. The molecule has 2 aromatic carbocycles. The van der Waals surface area contributed by atoms with Crippen LogP contribution in [0.2, 0.25) is 0 Å². The topological polar surface area (TPSA) is 135 Å². The molecule has 4 aliphatic rings. The minimum absolute atomic E-state index is 0.0395. The van der Waals surface area contributed by atoms with Gasteiger partial charge in [-0.05, 0) is 50.0 Å². The predicted molar refractivity (Wildman–Crippen MR) is 135 cm³/mol. The van der Waals surface area contributed by atoms with Crippen LogP contribution in [-0.4, -0.2) is 33.4 Å². The van der Waals surface area contributed by atoms with Gasteiger partial charge in [-0.3, -0.25) is 34.2 Å². The van der Waals surface area contributed by atoms with Crippen LogP contribution < -0.4 is 4.90 Å². The van der Waals surface area contributed by atoms with E-state index in [1.54, 1.807) is 6.08 Å². The van der Waals surface area contributed by atoms with Gasteiger partial charge in [0.2, 0.25) is 11.8 Å². The number of hydrogen-bond donors (Lipinski definition) is 1. The molecule has 196 valence electrons. The number of nitro groups is 1. The summed E-state index contributed by atoms with van der Waals surface area (Å²) in [5.41, 5.74) is 1.28. The number of nitro benzene ring substituents is 1. The van der Waals surface area contributed by atoms with Crippen molar-refractivity contribution in [2.24, 2.45) is 17.8 Å². The first-order valence-corrected chi connectivity index (χ1v) is 12.4. The standard InChI is InChI=1S/C29H21FN2O7/c1-13-11-22(33)25-20(26(13)34)12-19-16(23(25)17-3-2-4-21(30)27(17)35)9-10-18-24(19)29(37)31(28(18)36)14-5-7-15(8-6-14)32(38)39/h2-9,11,18-19,23-24,35H,10,12H2,1H3/t18-,19+,23+,24-/m0/s1. The number of carbonyl (C=O) groups excluding carboxylic acids is 4. The fourth-order valence-corrected chi connectivity index (χ4v) is 6.48. The minimum Gasteiger partial charge on any atom is -0.505 e. The molecule has 39 heavy (non-hydrogen) atoms. The summed E-state index contributed by atoms with van der Waals surface area (Å²) in [7, 11) is 0. The Kier molecular flexibility index (Phi) is 5.46. The van der Waals surface area contributed by atoms with Crippen molar-refractivity contribution >= 4 is 34.8 Å². The van der Waals surface area contributed by atoms with Gasteiger partial charge >= 0.3 is 0 Å². The lowest BCUT2D eigenvalue weighted by molar-refractivity contribution is -0.384. The number of phenols is 1. The van der Waals surface area contributed by atoms with E-state index in [4.69, 9.17) is 0 Å². The molecule has 6 rings (SSSR count). The second-order valence-corrected chi connectivity index (χ2v) is 10.2. The fourth-order valence-electron chi connectivity index (χ4n) is 6.48. The number of nitrogens with zero attached hydrogens (tertiary/aromatic N) is 2. The zero-order chi connectivity index (χ0) is 27.7. The van der Waals surface area contributed by atoms with Crippen molar-refractivity contribution in [3.05, 3.63) is 98.4 Å². The molecule has 9 nitrogen and oxygen atoms in total. The first-order chi connectivity index (χ1) is 18.6. The highest BCUT2D eigenvalue weighted by molar-refractivity contribution is 6.25. The molecule has 1 fully saturated rings. The van der Waals surface area contributed by atoms with E-state index in [1.807, 2.05) is 0 Å². The molecule has 2 aromatic rings. The summed E-state index contributed by atoms with van der Waals surface area (Å²) < 4.78 is 14.5. The number of aromatic hydroxyl groups is 1. The van der Waals surface area contributed by atoms with Crippen LogP contribution in [0.25, 0.3) is 0 Å². The Bertz CT molecular complexity index is 1620. The molecule has 1 heterocycles. The van der Waals surface area contributed by atoms with Gasteiger partial charge in [0.25, 0.3) is 5.69 Å². The maximum Gasteiger partial charge on any atom is 0.269 e. The predicted octanol–water partition coefficient (Wildman–Crippen LogP) is 4.07. The summed E-state index contributed by atoms with van der Waals surface area (Å²) in [4.78, 5) is 65.3. The number of halogens is 1. The highest BCUT2D eigenvalue weighted by atomic mass is 19.1. The van der Waals surface area contributed by atoms with E-state index in [1.165, 1.54) is 49.4 Å². The van der Waals surface area contributed by atoms with E-state index in [9.17, 15) is 38.8 Å². The van der Waals surface area contributed by atoms with Gasteiger partial charge in [0, 0.05) is 40.3 Å². The number of hydrogen-bond acceptors (Lipinski definition) is 7. The number of allylic oxidation sites excluding steroid dienone is 6. The van der Waals surface area contributed by atoms with Crippen LogP contribution in [-0.2, 0) is 19.2 Å². The monoisotopic (exact) mass is 528 g/mol.